The number of halogens is 1. The summed E-state index contributed by atoms with van der Waals surface area (Å²) in [7, 11) is 0. The molecule has 0 aromatic carbocycles. The number of carbonyl (C=O) groups excluding carboxylic acids is 1. The van der Waals surface area contributed by atoms with Gasteiger partial charge in [0.2, 0.25) is 5.91 Å². The van der Waals surface area contributed by atoms with E-state index in [1.165, 1.54) is 0 Å². The van der Waals surface area contributed by atoms with Gasteiger partial charge < -0.3 is 10.7 Å². The topological polar surface area (TPSA) is 71.8 Å². The summed E-state index contributed by atoms with van der Waals surface area (Å²) in [5.74, 6) is -0.400. The smallest absolute Gasteiger partial charge is 0.223 e. The van der Waals surface area contributed by atoms with E-state index in [0.29, 0.717) is 16.2 Å². The molecule has 0 saturated carbocycles. The lowest BCUT2D eigenvalue weighted by molar-refractivity contribution is -0.117. The zero-order valence-electron chi connectivity index (χ0n) is 7.25. The van der Waals surface area contributed by atoms with Crippen LogP contribution in [0, 0.1) is 0 Å². The van der Waals surface area contributed by atoms with Gasteiger partial charge in [-0.25, -0.2) is 4.98 Å². The minimum absolute atomic E-state index is 0.136. The van der Waals surface area contributed by atoms with E-state index in [2.05, 4.69) is 9.97 Å². The van der Waals surface area contributed by atoms with Gasteiger partial charge in [0, 0.05) is 6.20 Å². The molecule has 72 valence electrons. The van der Waals surface area contributed by atoms with E-state index in [1.807, 2.05) is 6.07 Å². The van der Waals surface area contributed by atoms with Crippen molar-refractivity contribution < 1.29 is 4.79 Å². The molecule has 0 spiro atoms. The first-order valence-corrected chi connectivity index (χ1v) is 4.45. The molecule has 14 heavy (non-hydrogen) atoms. The van der Waals surface area contributed by atoms with E-state index in [9.17, 15) is 4.79 Å². The van der Waals surface area contributed by atoms with Gasteiger partial charge in [0.15, 0.2) is 0 Å². The van der Waals surface area contributed by atoms with Crippen LogP contribution in [0.1, 0.15) is 5.69 Å². The fourth-order valence-corrected chi connectivity index (χ4v) is 1.48. The molecule has 0 saturated heterocycles. The average Bonchev–Trinajstić information content (AvgIpc) is 2.47. The Hall–Kier alpha value is -1.55. The summed E-state index contributed by atoms with van der Waals surface area (Å²) in [4.78, 5) is 17.8. The summed E-state index contributed by atoms with van der Waals surface area (Å²) < 4.78 is 0. The third-order valence-corrected chi connectivity index (χ3v) is 2.18. The normalized spacial score (nSPS) is 10.6. The van der Waals surface area contributed by atoms with E-state index >= 15 is 0 Å². The number of pyridine rings is 1. The van der Waals surface area contributed by atoms with E-state index in [0.717, 1.165) is 5.52 Å². The molecule has 0 unspecified atom stereocenters. The molecule has 0 aliphatic carbocycles. The number of fused-ring (bicyclic) bond motifs is 1. The van der Waals surface area contributed by atoms with Gasteiger partial charge in [-0.2, -0.15) is 0 Å². The molecule has 5 heteroatoms. The number of H-pyrrole nitrogens is 1. The second kappa shape index (κ2) is 3.31. The zero-order valence-corrected chi connectivity index (χ0v) is 8.01. The molecular weight excluding hydrogens is 202 g/mol. The van der Waals surface area contributed by atoms with Gasteiger partial charge in [0.25, 0.3) is 0 Å². The molecule has 0 fully saturated rings. The highest BCUT2D eigenvalue weighted by Crippen LogP contribution is 2.20. The van der Waals surface area contributed by atoms with Crippen molar-refractivity contribution in [3.8, 4) is 0 Å². The summed E-state index contributed by atoms with van der Waals surface area (Å²) in [6.07, 6.45) is 1.80. The van der Waals surface area contributed by atoms with Gasteiger partial charge in [-0.1, -0.05) is 11.6 Å². The zero-order chi connectivity index (χ0) is 10.1. The van der Waals surface area contributed by atoms with Crippen molar-refractivity contribution in [1.29, 1.82) is 0 Å². The Bertz CT molecular complexity index is 492. The monoisotopic (exact) mass is 209 g/mol. The number of carbonyl (C=O) groups is 1. The molecule has 0 bridgehead atoms. The van der Waals surface area contributed by atoms with Gasteiger partial charge in [0.05, 0.1) is 22.7 Å². The van der Waals surface area contributed by atoms with E-state index in [4.69, 9.17) is 17.3 Å². The maximum absolute atomic E-state index is 10.7. The lowest BCUT2D eigenvalue weighted by atomic mass is 10.2. The number of rotatable bonds is 2. The lowest BCUT2D eigenvalue weighted by Crippen LogP contribution is -2.14. The summed E-state index contributed by atoms with van der Waals surface area (Å²) in [5, 5.41) is 0.548. The molecule has 2 heterocycles. The number of nitrogens with zero attached hydrogens (tertiary/aromatic N) is 1. The minimum Gasteiger partial charge on any atom is -0.369 e. The van der Waals surface area contributed by atoms with Crippen molar-refractivity contribution in [1.82, 2.24) is 9.97 Å². The Morgan fingerprint density at radius 2 is 2.36 bits per heavy atom. The lowest BCUT2D eigenvalue weighted by Gasteiger charge is -1.97. The van der Waals surface area contributed by atoms with Crippen molar-refractivity contribution in [3.05, 3.63) is 29.0 Å². The second-order valence-electron chi connectivity index (χ2n) is 2.98. The number of hydrogen-bond donors (Lipinski definition) is 2. The van der Waals surface area contributed by atoms with Crippen LogP contribution in [-0.4, -0.2) is 15.9 Å². The Morgan fingerprint density at radius 1 is 1.57 bits per heavy atom. The Morgan fingerprint density at radius 3 is 3.07 bits per heavy atom. The second-order valence-corrected chi connectivity index (χ2v) is 3.39. The van der Waals surface area contributed by atoms with E-state index in [-0.39, 0.29) is 6.42 Å². The molecule has 0 atom stereocenters. The van der Waals surface area contributed by atoms with Gasteiger partial charge in [-0.15, -0.1) is 0 Å². The average molecular weight is 210 g/mol. The third kappa shape index (κ3) is 1.56. The predicted octanol–water partition coefficient (Wildman–Crippen LogP) is 1.24. The SMILES string of the molecule is NC(=O)Cc1ccc2[nH]cc(Cl)c2n1. The number of aromatic amines is 1. The van der Waals surface area contributed by atoms with E-state index < -0.39 is 5.91 Å². The first-order valence-electron chi connectivity index (χ1n) is 4.07. The molecule has 2 rings (SSSR count). The number of primary amides is 1. The van der Waals surface area contributed by atoms with Crippen molar-refractivity contribution >= 4 is 28.5 Å². The summed E-state index contributed by atoms with van der Waals surface area (Å²) in [6.45, 7) is 0. The van der Waals surface area contributed by atoms with Crippen molar-refractivity contribution in [2.45, 2.75) is 6.42 Å². The van der Waals surface area contributed by atoms with Crippen molar-refractivity contribution in [2.75, 3.05) is 0 Å². The molecule has 3 N–H and O–H groups in total. The molecule has 0 aliphatic heterocycles. The number of aromatic nitrogens is 2. The fraction of sp³-hybridized carbons (Fsp3) is 0.111. The maximum atomic E-state index is 10.7. The van der Waals surface area contributed by atoms with Crippen LogP contribution < -0.4 is 5.73 Å². The van der Waals surface area contributed by atoms with Crippen LogP contribution >= 0.6 is 11.6 Å². The molecule has 1 amide bonds. The third-order valence-electron chi connectivity index (χ3n) is 1.89. The van der Waals surface area contributed by atoms with Crippen LogP contribution in [0.2, 0.25) is 5.02 Å². The van der Waals surface area contributed by atoms with E-state index in [1.54, 1.807) is 12.3 Å². The van der Waals surface area contributed by atoms with Gasteiger partial charge >= 0.3 is 0 Å². The molecule has 0 aliphatic rings. The number of nitrogens with two attached hydrogens (primary N) is 1. The maximum Gasteiger partial charge on any atom is 0.223 e. The van der Waals surface area contributed by atoms with Crippen LogP contribution in [0.5, 0.6) is 0 Å². The highest BCUT2D eigenvalue weighted by Gasteiger charge is 2.05. The molecule has 0 radical (unpaired) electrons. The molecule has 4 nitrogen and oxygen atoms in total. The van der Waals surface area contributed by atoms with Crippen LogP contribution in [0.3, 0.4) is 0 Å². The Balaban J connectivity index is 2.49. The van der Waals surface area contributed by atoms with Crippen LogP contribution in [-0.2, 0) is 11.2 Å². The summed E-state index contributed by atoms with van der Waals surface area (Å²) >= 11 is 5.87. The number of nitrogens with one attached hydrogen (secondary N) is 1. The van der Waals surface area contributed by atoms with Crippen molar-refractivity contribution in [2.24, 2.45) is 5.73 Å². The molecule has 2 aromatic rings. The summed E-state index contributed by atoms with van der Waals surface area (Å²) in [6, 6.07) is 3.58. The highest BCUT2D eigenvalue weighted by molar-refractivity contribution is 6.35. The fourth-order valence-electron chi connectivity index (χ4n) is 1.28. The summed E-state index contributed by atoms with van der Waals surface area (Å²) in [5.41, 5.74) is 7.22. The molecular formula is C9H8ClN3O. The standard InChI is InChI=1S/C9H8ClN3O/c10-6-4-12-7-2-1-5(3-8(11)14)13-9(6)7/h1-2,4,12H,3H2,(H2,11,14). The Kier molecular flexibility index (Phi) is 2.13. The van der Waals surface area contributed by atoms with Gasteiger partial charge in [0.1, 0.15) is 5.52 Å². The first kappa shape index (κ1) is 9.02. The van der Waals surface area contributed by atoms with Crippen molar-refractivity contribution in [3.63, 3.8) is 0 Å². The quantitative estimate of drug-likeness (QED) is 0.781. The van der Waals surface area contributed by atoms with Gasteiger partial charge in [-0.3, -0.25) is 4.79 Å². The van der Waals surface area contributed by atoms with Crippen LogP contribution in [0.15, 0.2) is 18.3 Å². The minimum atomic E-state index is -0.400. The molecule has 2 aromatic heterocycles. The van der Waals surface area contributed by atoms with Crippen LogP contribution in [0.4, 0.5) is 0 Å². The number of amides is 1. The highest BCUT2D eigenvalue weighted by atomic mass is 35.5. The largest absolute Gasteiger partial charge is 0.369 e. The van der Waals surface area contributed by atoms with Crippen LogP contribution in [0.25, 0.3) is 11.0 Å². The predicted molar refractivity (Wildman–Crippen MR) is 54.0 cm³/mol. The first-order chi connectivity index (χ1) is 6.66. The number of hydrogen-bond acceptors (Lipinski definition) is 2. The van der Waals surface area contributed by atoms with Gasteiger partial charge in [-0.05, 0) is 12.1 Å². The Labute approximate surface area is 85.1 Å².